The summed E-state index contributed by atoms with van der Waals surface area (Å²) in [5.74, 6) is -3.72. The molecule has 0 atom stereocenters. The Morgan fingerprint density at radius 3 is 2.41 bits per heavy atom. The standard InChI is InChI=1S/C19H13F4N3O/c20-11-4-5-13(16(23)8-11)18-24-9-12-10-25(6-7-26(12)18)19(27)17-14(21)2-1-3-15(17)22/h1-5,8-9H,6-7,10H2. The number of carbonyl (C=O) groups excluding carboxylic acids is 1. The van der Waals surface area contributed by atoms with Gasteiger partial charge in [0, 0.05) is 19.2 Å². The molecule has 0 saturated carbocycles. The van der Waals surface area contributed by atoms with Crippen molar-refractivity contribution in [2.75, 3.05) is 6.54 Å². The third kappa shape index (κ3) is 2.97. The Bertz CT molecular complexity index is 1030. The smallest absolute Gasteiger partial charge is 0.260 e. The lowest BCUT2D eigenvalue weighted by atomic mass is 10.1. The van der Waals surface area contributed by atoms with Crippen LogP contribution in [0.3, 0.4) is 0 Å². The molecule has 0 radical (unpaired) electrons. The molecule has 1 amide bonds. The van der Waals surface area contributed by atoms with Gasteiger partial charge < -0.3 is 9.47 Å². The zero-order valence-electron chi connectivity index (χ0n) is 13.9. The zero-order chi connectivity index (χ0) is 19.1. The van der Waals surface area contributed by atoms with Crippen molar-refractivity contribution in [2.24, 2.45) is 0 Å². The van der Waals surface area contributed by atoms with Gasteiger partial charge in [0.15, 0.2) is 0 Å². The Hall–Kier alpha value is -3.16. The largest absolute Gasteiger partial charge is 0.331 e. The number of aromatic nitrogens is 2. The first-order valence-corrected chi connectivity index (χ1v) is 8.19. The Balaban J connectivity index is 1.64. The highest BCUT2D eigenvalue weighted by Crippen LogP contribution is 2.27. The summed E-state index contributed by atoms with van der Waals surface area (Å²) in [6, 6.07) is 6.46. The summed E-state index contributed by atoms with van der Waals surface area (Å²) in [6.45, 7) is 0.511. The van der Waals surface area contributed by atoms with Gasteiger partial charge in [0.05, 0.1) is 24.0 Å². The van der Waals surface area contributed by atoms with Crippen molar-refractivity contribution in [1.29, 1.82) is 0 Å². The Labute approximate surface area is 151 Å². The second-order valence-electron chi connectivity index (χ2n) is 6.17. The summed E-state index contributed by atoms with van der Waals surface area (Å²) in [5.41, 5.74) is 0.128. The number of hydrogen-bond donors (Lipinski definition) is 0. The predicted octanol–water partition coefficient (Wildman–Crippen LogP) is 3.76. The van der Waals surface area contributed by atoms with Gasteiger partial charge in [-0.05, 0) is 24.3 Å². The molecule has 0 N–H and O–H groups in total. The summed E-state index contributed by atoms with van der Waals surface area (Å²) in [6.07, 6.45) is 1.47. The first-order valence-electron chi connectivity index (χ1n) is 8.19. The number of hydrogen-bond acceptors (Lipinski definition) is 2. The van der Waals surface area contributed by atoms with Crippen LogP contribution in [0.15, 0.2) is 42.6 Å². The number of nitrogens with zero attached hydrogens (tertiary/aromatic N) is 3. The average Bonchev–Trinajstić information content (AvgIpc) is 3.04. The van der Waals surface area contributed by atoms with E-state index in [1.165, 1.54) is 23.2 Å². The highest BCUT2D eigenvalue weighted by Gasteiger charge is 2.28. The van der Waals surface area contributed by atoms with Gasteiger partial charge in [-0.25, -0.2) is 22.5 Å². The molecule has 1 aliphatic heterocycles. The van der Waals surface area contributed by atoms with Crippen LogP contribution in [-0.2, 0) is 13.1 Å². The molecular weight excluding hydrogens is 362 g/mol. The van der Waals surface area contributed by atoms with Crippen molar-refractivity contribution in [1.82, 2.24) is 14.5 Å². The van der Waals surface area contributed by atoms with Crippen LogP contribution in [0.25, 0.3) is 11.4 Å². The minimum atomic E-state index is -0.923. The van der Waals surface area contributed by atoms with E-state index in [0.717, 1.165) is 24.3 Å². The van der Waals surface area contributed by atoms with Gasteiger partial charge in [-0.1, -0.05) is 6.07 Å². The van der Waals surface area contributed by atoms with E-state index in [1.54, 1.807) is 4.57 Å². The normalized spacial score (nSPS) is 13.6. The molecule has 27 heavy (non-hydrogen) atoms. The molecule has 0 saturated heterocycles. The SMILES string of the molecule is O=C(c1c(F)cccc1F)N1CCn2c(cnc2-c2ccc(F)cc2F)C1. The van der Waals surface area contributed by atoms with Crippen LogP contribution in [0.1, 0.15) is 16.1 Å². The van der Waals surface area contributed by atoms with Gasteiger partial charge >= 0.3 is 0 Å². The summed E-state index contributed by atoms with van der Waals surface area (Å²) in [4.78, 5) is 18.0. The van der Waals surface area contributed by atoms with Gasteiger partial charge in [-0.3, -0.25) is 4.79 Å². The van der Waals surface area contributed by atoms with E-state index in [-0.39, 0.29) is 25.2 Å². The number of imidazole rings is 1. The molecule has 1 aromatic heterocycles. The van der Waals surface area contributed by atoms with Crippen molar-refractivity contribution in [3.63, 3.8) is 0 Å². The summed E-state index contributed by atoms with van der Waals surface area (Å²) >= 11 is 0. The molecule has 1 aliphatic rings. The third-order valence-corrected chi connectivity index (χ3v) is 4.52. The van der Waals surface area contributed by atoms with Crippen molar-refractivity contribution >= 4 is 5.91 Å². The number of carbonyl (C=O) groups is 1. The quantitative estimate of drug-likeness (QED) is 0.640. The highest BCUT2D eigenvalue weighted by molar-refractivity contribution is 5.94. The molecule has 8 heteroatoms. The van der Waals surface area contributed by atoms with Gasteiger partial charge in [0.1, 0.15) is 34.7 Å². The molecule has 2 aromatic carbocycles. The van der Waals surface area contributed by atoms with Crippen molar-refractivity contribution < 1.29 is 22.4 Å². The lowest BCUT2D eigenvalue weighted by molar-refractivity contribution is 0.0701. The molecule has 0 unspecified atom stereocenters. The number of halogens is 4. The Morgan fingerprint density at radius 1 is 0.963 bits per heavy atom. The second kappa shape index (κ2) is 6.53. The van der Waals surface area contributed by atoms with Gasteiger partial charge in [0.25, 0.3) is 5.91 Å². The first kappa shape index (κ1) is 17.3. The summed E-state index contributed by atoms with van der Waals surface area (Å²) in [5, 5.41) is 0. The maximum atomic E-state index is 14.1. The molecular formula is C19H13F4N3O. The van der Waals surface area contributed by atoms with E-state index in [1.807, 2.05) is 0 Å². The summed E-state index contributed by atoms with van der Waals surface area (Å²) in [7, 11) is 0. The molecule has 0 spiro atoms. The van der Waals surface area contributed by atoms with E-state index in [0.29, 0.717) is 11.5 Å². The highest BCUT2D eigenvalue weighted by atomic mass is 19.1. The lowest BCUT2D eigenvalue weighted by Gasteiger charge is -2.29. The number of rotatable bonds is 2. The van der Waals surface area contributed by atoms with Crippen LogP contribution in [0.4, 0.5) is 17.6 Å². The first-order chi connectivity index (χ1) is 13.0. The maximum absolute atomic E-state index is 14.1. The fourth-order valence-electron chi connectivity index (χ4n) is 3.20. The van der Waals surface area contributed by atoms with Crippen LogP contribution in [0, 0.1) is 23.3 Å². The minimum absolute atomic E-state index is 0.0718. The third-order valence-electron chi connectivity index (χ3n) is 4.52. The number of benzene rings is 2. The molecule has 2 heterocycles. The van der Waals surface area contributed by atoms with E-state index in [4.69, 9.17) is 0 Å². The van der Waals surface area contributed by atoms with Crippen LogP contribution in [0.2, 0.25) is 0 Å². The zero-order valence-corrected chi connectivity index (χ0v) is 13.9. The number of amides is 1. The van der Waals surface area contributed by atoms with E-state index in [9.17, 15) is 22.4 Å². The van der Waals surface area contributed by atoms with Gasteiger partial charge in [-0.15, -0.1) is 0 Å². The van der Waals surface area contributed by atoms with Crippen molar-refractivity contribution in [2.45, 2.75) is 13.1 Å². The molecule has 3 aromatic rings. The van der Waals surface area contributed by atoms with Crippen LogP contribution >= 0.6 is 0 Å². The summed E-state index contributed by atoms with van der Waals surface area (Å²) < 4.78 is 56.6. The van der Waals surface area contributed by atoms with Crippen molar-refractivity contribution in [3.05, 3.63) is 77.1 Å². The second-order valence-corrected chi connectivity index (χ2v) is 6.17. The van der Waals surface area contributed by atoms with Gasteiger partial charge in [-0.2, -0.15) is 0 Å². The Morgan fingerprint density at radius 2 is 1.70 bits per heavy atom. The fraction of sp³-hybridized carbons (Fsp3) is 0.158. The number of fused-ring (bicyclic) bond motifs is 1. The molecule has 4 rings (SSSR count). The molecule has 0 aliphatic carbocycles. The van der Waals surface area contributed by atoms with E-state index < -0.39 is 34.7 Å². The minimum Gasteiger partial charge on any atom is -0.331 e. The van der Waals surface area contributed by atoms with Crippen molar-refractivity contribution in [3.8, 4) is 11.4 Å². The van der Waals surface area contributed by atoms with Crippen LogP contribution in [0.5, 0.6) is 0 Å². The van der Waals surface area contributed by atoms with Crippen LogP contribution < -0.4 is 0 Å². The predicted molar refractivity (Wildman–Crippen MR) is 88.7 cm³/mol. The topological polar surface area (TPSA) is 38.1 Å². The van der Waals surface area contributed by atoms with E-state index in [2.05, 4.69) is 4.98 Å². The van der Waals surface area contributed by atoms with Crippen LogP contribution in [-0.4, -0.2) is 26.9 Å². The van der Waals surface area contributed by atoms with E-state index >= 15 is 0 Å². The monoisotopic (exact) mass is 375 g/mol. The lowest BCUT2D eigenvalue weighted by Crippen LogP contribution is -2.39. The molecule has 0 bridgehead atoms. The fourth-order valence-corrected chi connectivity index (χ4v) is 3.20. The van der Waals surface area contributed by atoms with Gasteiger partial charge in [0.2, 0.25) is 0 Å². The average molecular weight is 375 g/mol. The molecule has 0 fully saturated rings. The Kier molecular flexibility index (Phi) is 4.18. The molecule has 138 valence electrons. The maximum Gasteiger partial charge on any atom is 0.260 e. The molecule has 4 nitrogen and oxygen atoms in total.